The van der Waals surface area contributed by atoms with E-state index in [4.69, 9.17) is 22.7 Å². The normalized spacial score (nSPS) is 10.2. The maximum atomic E-state index is 13.3. The van der Waals surface area contributed by atoms with Gasteiger partial charge in [0, 0.05) is 19.3 Å². The maximum absolute atomic E-state index is 13.3. The summed E-state index contributed by atoms with van der Waals surface area (Å²) >= 11 is 4.98. The molecule has 0 aliphatic heterocycles. The summed E-state index contributed by atoms with van der Waals surface area (Å²) in [5.41, 5.74) is 8.20. The van der Waals surface area contributed by atoms with Crippen molar-refractivity contribution in [2.24, 2.45) is 5.73 Å². The van der Waals surface area contributed by atoms with Gasteiger partial charge in [-0.25, -0.2) is 4.39 Å². The second kappa shape index (κ2) is 6.54. The van der Waals surface area contributed by atoms with E-state index in [2.05, 4.69) is 0 Å². The number of halogens is 1. The SMILES string of the molecule is COc1cc(CN(C)c2cccc(F)c2)ccc1C(N)=S. The molecule has 0 heterocycles. The summed E-state index contributed by atoms with van der Waals surface area (Å²) in [6.07, 6.45) is 0. The number of ether oxygens (including phenoxy) is 1. The van der Waals surface area contributed by atoms with Crippen molar-refractivity contribution in [3.8, 4) is 5.75 Å². The predicted molar refractivity (Wildman–Crippen MR) is 87.4 cm³/mol. The molecule has 0 aromatic heterocycles. The third-order valence-corrected chi connectivity index (χ3v) is 3.42. The third kappa shape index (κ3) is 3.70. The lowest BCUT2D eigenvalue weighted by Gasteiger charge is -2.20. The number of anilines is 1. The molecule has 0 saturated heterocycles. The van der Waals surface area contributed by atoms with Gasteiger partial charge in [0.2, 0.25) is 0 Å². The van der Waals surface area contributed by atoms with E-state index in [0.29, 0.717) is 22.8 Å². The Morgan fingerprint density at radius 2 is 2.05 bits per heavy atom. The Morgan fingerprint density at radius 3 is 2.67 bits per heavy atom. The van der Waals surface area contributed by atoms with Crippen molar-refractivity contribution in [1.29, 1.82) is 0 Å². The van der Waals surface area contributed by atoms with Crippen LogP contribution >= 0.6 is 12.2 Å². The van der Waals surface area contributed by atoms with Crippen molar-refractivity contribution in [1.82, 2.24) is 0 Å². The van der Waals surface area contributed by atoms with Crippen LogP contribution in [0.15, 0.2) is 42.5 Å². The maximum Gasteiger partial charge on any atom is 0.129 e. The molecular formula is C16H17FN2OS. The molecule has 0 fully saturated rings. The fourth-order valence-electron chi connectivity index (χ4n) is 2.12. The molecule has 0 amide bonds. The molecule has 5 heteroatoms. The lowest BCUT2D eigenvalue weighted by atomic mass is 10.1. The van der Waals surface area contributed by atoms with Crippen molar-refractivity contribution < 1.29 is 9.13 Å². The summed E-state index contributed by atoms with van der Waals surface area (Å²) < 4.78 is 18.6. The summed E-state index contributed by atoms with van der Waals surface area (Å²) in [6.45, 7) is 0.622. The molecular weight excluding hydrogens is 287 g/mol. The molecule has 2 rings (SSSR count). The molecule has 110 valence electrons. The van der Waals surface area contributed by atoms with Crippen LogP contribution in [0, 0.1) is 5.82 Å². The summed E-state index contributed by atoms with van der Waals surface area (Å²) in [4.78, 5) is 2.26. The highest BCUT2D eigenvalue weighted by Gasteiger charge is 2.09. The van der Waals surface area contributed by atoms with Crippen LogP contribution in [-0.4, -0.2) is 19.1 Å². The van der Waals surface area contributed by atoms with Crippen LogP contribution in [0.1, 0.15) is 11.1 Å². The van der Waals surface area contributed by atoms with Crippen molar-refractivity contribution in [3.05, 3.63) is 59.4 Å². The van der Waals surface area contributed by atoms with Crippen molar-refractivity contribution in [2.45, 2.75) is 6.54 Å². The van der Waals surface area contributed by atoms with E-state index in [1.165, 1.54) is 12.1 Å². The highest BCUT2D eigenvalue weighted by Crippen LogP contribution is 2.23. The Kier molecular flexibility index (Phi) is 4.75. The smallest absolute Gasteiger partial charge is 0.129 e. The molecule has 0 aliphatic rings. The minimum atomic E-state index is -0.249. The summed E-state index contributed by atoms with van der Waals surface area (Å²) in [7, 11) is 3.49. The molecule has 21 heavy (non-hydrogen) atoms. The van der Waals surface area contributed by atoms with Gasteiger partial charge >= 0.3 is 0 Å². The highest BCUT2D eigenvalue weighted by atomic mass is 32.1. The molecule has 0 bridgehead atoms. The average molecular weight is 304 g/mol. The number of hydrogen-bond acceptors (Lipinski definition) is 3. The highest BCUT2D eigenvalue weighted by molar-refractivity contribution is 7.80. The van der Waals surface area contributed by atoms with E-state index in [0.717, 1.165) is 11.3 Å². The van der Waals surface area contributed by atoms with Gasteiger partial charge < -0.3 is 15.4 Å². The van der Waals surface area contributed by atoms with E-state index in [1.807, 2.05) is 36.2 Å². The standard InChI is InChI=1S/C16H17FN2OS/c1-19(13-5-3-4-12(17)9-13)10-11-6-7-14(16(18)21)15(8-11)20-2/h3-9H,10H2,1-2H3,(H2,18,21). The zero-order valence-electron chi connectivity index (χ0n) is 12.0. The molecule has 2 N–H and O–H groups in total. The van der Waals surface area contributed by atoms with E-state index in [1.54, 1.807) is 13.2 Å². The third-order valence-electron chi connectivity index (χ3n) is 3.20. The van der Waals surface area contributed by atoms with Gasteiger partial charge in [-0.05, 0) is 35.9 Å². The second-order valence-electron chi connectivity index (χ2n) is 4.73. The van der Waals surface area contributed by atoms with Crippen LogP contribution in [0.2, 0.25) is 0 Å². The number of benzene rings is 2. The first-order chi connectivity index (χ1) is 10.0. The number of nitrogens with zero attached hydrogens (tertiary/aromatic N) is 1. The molecule has 2 aromatic rings. The lowest BCUT2D eigenvalue weighted by Crippen LogP contribution is -2.17. The summed E-state index contributed by atoms with van der Waals surface area (Å²) in [5.74, 6) is 0.397. The van der Waals surface area contributed by atoms with Crippen molar-refractivity contribution in [2.75, 3.05) is 19.1 Å². The first-order valence-corrected chi connectivity index (χ1v) is 6.85. The first kappa shape index (κ1) is 15.3. The Balaban J connectivity index is 2.21. The number of thiocarbonyl (C=S) groups is 1. The van der Waals surface area contributed by atoms with Crippen LogP contribution in [0.3, 0.4) is 0 Å². The van der Waals surface area contributed by atoms with Gasteiger partial charge in [-0.2, -0.15) is 0 Å². The predicted octanol–water partition coefficient (Wildman–Crippen LogP) is 3.10. The van der Waals surface area contributed by atoms with E-state index >= 15 is 0 Å². The Bertz CT molecular complexity index is 660. The lowest BCUT2D eigenvalue weighted by molar-refractivity contribution is 0.413. The van der Waals surface area contributed by atoms with Gasteiger partial charge in [0.05, 0.1) is 12.7 Å². The summed E-state index contributed by atoms with van der Waals surface area (Å²) in [6, 6.07) is 12.2. The molecule has 0 aliphatic carbocycles. The molecule has 0 spiro atoms. The largest absolute Gasteiger partial charge is 0.496 e. The Morgan fingerprint density at radius 1 is 1.29 bits per heavy atom. The van der Waals surface area contributed by atoms with Crippen molar-refractivity contribution in [3.63, 3.8) is 0 Å². The molecule has 0 atom stereocenters. The molecule has 3 nitrogen and oxygen atoms in total. The average Bonchev–Trinajstić information content (AvgIpc) is 2.46. The number of hydrogen-bond donors (Lipinski definition) is 1. The molecule has 0 saturated carbocycles. The Hall–Kier alpha value is -2.14. The van der Waals surface area contributed by atoms with Gasteiger partial charge in [-0.1, -0.05) is 24.4 Å². The molecule has 0 radical (unpaired) electrons. The fraction of sp³-hybridized carbons (Fsp3) is 0.188. The fourth-order valence-corrected chi connectivity index (χ4v) is 2.28. The van der Waals surface area contributed by atoms with Crippen LogP contribution in [0.25, 0.3) is 0 Å². The van der Waals surface area contributed by atoms with Crippen LogP contribution in [0.5, 0.6) is 5.75 Å². The molecule has 2 aromatic carbocycles. The summed E-state index contributed by atoms with van der Waals surface area (Å²) in [5, 5.41) is 0. The Labute approximate surface area is 129 Å². The van der Waals surface area contributed by atoms with Crippen LogP contribution in [0.4, 0.5) is 10.1 Å². The quantitative estimate of drug-likeness (QED) is 0.862. The van der Waals surface area contributed by atoms with Gasteiger partial charge in [0.15, 0.2) is 0 Å². The number of rotatable bonds is 5. The van der Waals surface area contributed by atoms with Crippen LogP contribution in [-0.2, 0) is 6.54 Å². The minimum Gasteiger partial charge on any atom is -0.496 e. The second-order valence-corrected chi connectivity index (χ2v) is 5.17. The van der Waals surface area contributed by atoms with Gasteiger partial charge in [0.1, 0.15) is 16.6 Å². The zero-order chi connectivity index (χ0) is 15.4. The monoisotopic (exact) mass is 304 g/mol. The molecule has 0 unspecified atom stereocenters. The first-order valence-electron chi connectivity index (χ1n) is 6.44. The number of methoxy groups -OCH3 is 1. The number of nitrogens with two attached hydrogens (primary N) is 1. The van der Waals surface area contributed by atoms with E-state index in [-0.39, 0.29) is 5.82 Å². The van der Waals surface area contributed by atoms with Crippen LogP contribution < -0.4 is 15.4 Å². The van der Waals surface area contributed by atoms with Gasteiger partial charge in [-0.3, -0.25) is 0 Å². The minimum absolute atomic E-state index is 0.249. The topological polar surface area (TPSA) is 38.5 Å². The van der Waals surface area contributed by atoms with E-state index < -0.39 is 0 Å². The van der Waals surface area contributed by atoms with Gasteiger partial charge in [-0.15, -0.1) is 0 Å². The van der Waals surface area contributed by atoms with Gasteiger partial charge in [0.25, 0.3) is 0 Å². The van der Waals surface area contributed by atoms with E-state index in [9.17, 15) is 4.39 Å². The van der Waals surface area contributed by atoms with Crippen molar-refractivity contribution >= 4 is 22.9 Å². The zero-order valence-corrected chi connectivity index (χ0v) is 12.8.